The van der Waals surface area contributed by atoms with Crippen molar-refractivity contribution in [1.29, 1.82) is 0 Å². The second kappa shape index (κ2) is 7.73. The number of aromatic nitrogens is 3. The maximum absolute atomic E-state index is 12.3. The van der Waals surface area contributed by atoms with Crippen LogP contribution in [-0.4, -0.2) is 33.6 Å². The number of nitrogens with one attached hydrogen (secondary N) is 2. The molecule has 3 aromatic rings. The van der Waals surface area contributed by atoms with Crippen molar-refractivity contribution >= 4 is 23.4 Å². The normalized spacial score (nSPS) is 12.0. The zero-order valence-electron chi connectivity index (χ0n) is 14.9. The summed E-state index contributed by atoms with van der Waals surface area (Å²) in [7, 11) is 0. The fourth-order valence-corrected chi connectivity index (χ4v) is 3.20. The second-order valence-corrected chi connectivity index (χ2v) is 7.04. The fraction of sp³-hybridized carbons (Fsp3) is 0.158. The number of aryl methyl sites for hydroxylation is 1. The molecule has 28 heavy (non-hydrogen) atoms. The van der Waals surface area contributed by atoms with Crippen molar-refractivity contribution in [2.75, 3.05) is 17.9 Å². The lowest BCUT2D eigenvalue weighted by atomic mass is 10.1. The van der Waals surface area contributed by atoms with Gasteiger partial charge in [-0.2, -0.15) is 0 Å². The Balaban J connectivity index is 1.38. The lowest BCUT2D eigenvalue weighted by molar-refractivity contribution is -0.113. The number of carbonyl (C=O) groups is 1. The minimum Gasteiger partial charge on any atom is -0.454 e. The molecule has 9 heteroatoms. The summed E-state index contributed by atoms with van der Waals surface area (Å²) in [6.45, 7) is 2.14. The van der Waals surface area contributed by atoms with Crippen molar-refractivity contribution in [3.05, 3.63) is 58.4 Å². The highest BCUT2D eigenvalue weighted by molar-refractivity contribution is 7.99. The molecular formula is C19H16N4O4S. The Bertz CT molecular complexity index is 1080. The Morgan fingerprint density at radius 2 is 1.93 bits per heavy atom. The van der Waals surface area contributed by atoms with Gasteiger partial charge in [0, 0.05) is 17.3 Å². The number of anilines is 1. The molecule has 4 rings (SSSR count). The molecule has 1 aliphatic rings. The van der Waals surface area contributed by atoms with Crippen molar-refractivity contribution in [3.8, 4) is 22.8 Å². The van der Waals surface area contributed by atoms with Crippen LogP contribution >= 0.6 is 11.8 Å². The van der Waals surface area contributed by atoms with Crippen LogP contribution in [0.3, 0.4) is 0 Å². The summed E-state index contributed by atoms with van der Waals surface area (Å²) < 4.78 is 10.5. The van der Waals surface area contributed by atoms with Gasteiger partial charge in [0.2, 0.25) is 12.7 Å². The summed E-state index contributed by atoms with van der Waals surface area (Å²) in [5.74, 6) is 1.07. The van der Waals surface area contributed by atoms with E-state index in [1.165, 1.54) is 0 Å². The van der Waals surface area contributed by atoms with Crippen LogP contribution in [0.5, 0.6) is 11.5 Å². The van der Waals surface area contributed by atoms with E-state index in [1.54, 1.807) is 18.2 Å². The van der Waals surface area contributed by atoms with Gasteiger partial charge in [0.05, 0.1) is 5.75 Å². The summed E-state index contributed by atoms with van der Waals surface area (Å²) >= 11 is 1.10. The predicted octanol–water partition coefficient (Wildman–Crippen LogP) is 2.60. The van der Waals surface area contributed by atoms with Crippen LogP contribution in [0.15, 0.2) is 52.4 Å². The molecule has 1 aliphatic heterocycles. The molecule has 1 aromatic heterocycles. The van der Waals surface area contributed by atoms with Crippen LogP contribution in [0, 0.1) is 6.92 Å². The number of benzene rings is 2. The van der Waals surface area contributed by atoms with Gasteiger partial charge in [-0.1, -0.05) is 41.6 Å². The van der Waals surface area contributed by atoms with E-state index in [4.69, 9.17) is 9.47 Å². The topological polar surface area (TPSA) is 106 Å². The largest absolute Gasteiger partial charge is 0.454 e. The number of hydrogen-bond acceptors (Lipinski definition) is 7. The number of aromatic amines is 1. The van der Waals surface area contributed by atoms with Gasteiger partial charge in [-0.15, -0.1) is 10.2 Å². The molecule has 1 amide bonds. The van der Waals surface area contributed by atoms with E-state index in [-0.39, 0.29) is 34.9 Å². The van der Waals surface area contributed by atoms with Gasteiger partial charge >= 0.3 is 0 Å². The van der Waals surface area contributed by atoms with Crippen molar-refractivity contribution in [2.45, 2.75) is 12.1 Å². The molecule has 2 aromatic carbocycles. The molecule has 0 saturated carbocycles. The number of carbonyl (C=O) groups excluding carboxylic acids is 1. The van der Waals surface area contributed by atoms with Gasteiger partial charge in [0.25, 0.3) is 5.56 Å². The van der Waals surface area contributed by atoms with E-state index < -0.39 is 0 Å². The molecule has 0 fully saturated rings. The quantitative estimate of drug-likeness (QED) is 0.639. The van der Waals surface area contributed by atoms with Crippen LogP contribution < -0.4 is 20.3 Å². The molecular weight excluding hydrogens is 380 g/mol. The fourth-order valence-electron chi connectivity index (χ4n) is 2.59. The number of rotatable bonds is 5. The maximum atomic E-state index is 12.3. The SMILES string of the molecule is Cc1ccc(-c2nnc(SCC(=O)Nc3ccc4c(c3)OCO4)[nH]c2=O)cc1. The van der Waals surface area contributed by atoms with Crippen LogP contribution in [0.4, 0.5) is 5.69 Å². The number of nitrogens with zero attached hydrogens (tertiary/aromatic N) is 2. The van der Waals surface area contributed by atoms with Crippen molar-refractivity contribution < 1.29 is 14.3 Å². The monoisotopic (exact) mass is 396 g/mol. The Morgan fingerprint density at radius 3 is 2.71 bits per heavy atom. The third-order valence-electron chi connectivity index (χ3n) is 4.00. The number of amides is 1. The lowest BCUT2D eigenvalue weighted by Gasteiger charge is -2.06. The van der Waals surface area contributed by atoms with E-state index in [0.717, 1.165) is 17.3 Å². The van der Waals surface area contributed by atoms with Gasteiger partial charge in [-0.05, 0) is 19.1 Å². The van der Waals surface area contributed by atoms with E-state index in [2.05, 4.69) is 20.5 Å². The van der Waals surface area contributed by atoms with E-state index in [1.807, 2.05) is 31.2 Å². The zero-order valence-corrected chi connectivity index (χ0v) is 15.7. The zero-order chi connectivity index (χ0) is 19.5. The number of thioether (sulfide) groups is 1. The molecule has 142 valence electrons. The van der Waals surface area contributed by atoms with Crippen molar-refractivity contribution in [3.63, 3.8) is 0 Å². The summed E-state index contributed by atoms with van der Waals surface area (Å²) in [5, 5.41) is 11.1. The average molecular weight is 396 g/mol. The summed E-state index contributed by atoms with van der Waals surface area (Å²) in [5.41, 5.74) is 2.28. The molecule has 0 atom stereocenters. The number of fused-ring (bicyclic) bond motifs is 1. The second-order valence-electron chi connectivity index (χ2n) is 6.08. The first-order valence-electron chi connectivity index (χ1n) is 8.45. The highest BCUT2D eigenvalue weighted by Gasteiger charge is 2.15. The first-order chi connectivity index (χ1) is 13.6. The number of H-pyrrole nitrogens is 1. The molecule has 2 heterocycles. The maximum Gasteiger partial charge on any atom is 0.278 e. The Morgan fingerprint density at radius 1 is 1.14 bits per heavy atom. The van der Waals surface area contributed by atoms with E-state index in [9.17, 15) is 9.59 Å². The first kappa shape index (κ1) is 18.1. The van der Waals surface area contributed by atoms with Crippen molar-refractivity contribution in [2.24, 2.45) is 0 Å². The molecule has 2 N–H and O–H groups in total. The summed E-state index contributed by atoms with van der Waals surface area (Å²) in [4.78, 5) is 27.1. The summed E-state index contributed by atoms with van der Waals surface area (Å²) in [6, 6.07) is 12.6. The number of hydrogen-bond donors (Lipinski definition) is 2. The van der Waals surface area contributed by atoms with Gasteiger partial charge in [0.1, 0.15) is 0 Å². The number of ether oxygens (including phenoxy) is 2. The van der Waals surface area contributed by atoms with Gasteiger partial charge in [0.15, 0.2) is 22.3 Å². The van der Waals surface area contributed by atoms with Crippen molar-refractivity contribution in [1.82, 2.24) is 15.2 Å². The summed E-state index contributed by atoms with van der Waals surface area (Å²) in [6.07, 6.45) is 0. The van der Waals surface area contributed by atoms with Crippen LogP contribution in [0.1, 0.15) is 5.56 Å². The van der Waals surface area contributed by atoms with E-state index >= 15 is 0 Å². The Kier molecular flexibility index (Phi) is 4.98. The molecule has 8 nitrogen and oxygen atoms in total. The molecule has 0 spiro atoms. The minimum absolute atomic E-state index is 0.0724. The van der Waals surface area contributed by atoms with Crippen LogP contribution in [-0.2, 0) is 4.79 Å². The van der Waals surface area contributed by atoms with Gasteiger partial charge in [-0.3, -0.25) is 14.6 Å². The minimum atomic E-state index is -0.350. The average Bonchev–Trinajstić information content (AvgIpc) is 3.15. The molecule has 0 unspecified atom stereocenters. The molecule has 0 aliphatic carbocycles. The van der Waals surface area contributed by atoms with Crippen LogP contribution in [0.2, 0.25) is 0 Å². The molecule has 0 saturated heterocycles. The van der Waals surface area contributed by atoms with E-state index in [0.29, 0.717) is 22.7 Å². The smallest absolute Gasteiger partial charge is 0.278 e. The highest BCUT2D eigenvalue weighted by Crippen LogP contribution is 2.34. The molecule has 0 bridgehead atoms. The first-order valence-corrected chi connectivity index (χ1v) is 9.43. The Labute approximate surface area is 164 Å². The van der Waals surface area contributed by atoms with Crippen LogP contribution in [0.25, 0.3) is 11.3 Å². The highest BCUT2D eigenvalue weighted by atomic mass is 32.2. The van der Waals surface area contributed by atoms with Gasteiger partial charge < -0.3 is 14.8 Å². The lowest BCUT2D eigenvalue weighted by Crippen LogP contribution is -2.17. The Hall–Kier alpha value is -3.33. The van der Waals surface area contributed by atoms with Gasteiger partial charge in [-0.25, -0.2) is 0 Å². The third-order valence-corrected chi connectivity index (χ3v) is 4.86. The third kappa shape index (κ3) is 3.99. The standard InChI is InChI=1S/C19H16N4O4S/c1-11-2-4-12(5-3-11)17-18(25)21-19(23-22-17)28-9-16(24)20-13-6-7-14-15(8-13)27-10-26-14/h2-8H,9-10H2,1H3,(H,20,24)(H,21,23,25). The predicted molar refractivity (Wildman–Crippen MR) is 105 cm³/mol. The molecule has 0 radical (unpaired) electrons.